The molecule has 13 heavy (non-hydrogen) atoms. The molecule has 1 rings (SSSR count). The maximum atomic E-state index is 11.4. The van der Waals surface area contributed by atoms with Crippen LogP contribution in [-0.4, -0.2) is 47.8 Å². The van der Waals surface area contributed by atoms with Gasteiger partial charge in [0.25, 0.3) is 0 Å². The smallest absolute Gasteiger partial charge is 0.222 e. The number of amides is 1. The first kappa shape index (κ1) is 10.5. The minimum Gasteiger partial charge on any atom is -0.394 e. The number of morpholine rings is 1. The van der Waals surface area contributed by atoms with E-state index in [2.05, 4.69) is 0 Å². The number of carbonyl (C=O) groups excluding carboxylic acids is 1. The predicted molar refractivity (Wildman–Crippen MR) is 48.3 cm³/mol. The lowest BCUT2D eigenvalue weighted by molar-refractivity contribution is -0.146. The fraction of sp³-hybridized carbons (Fsp3) is 0.889. The van der Waals surface area contributed by atoms with Crippen LogP contribution in [0.5, 0.6) is 0 Å². The van der Waals surface area contributed by atoms with E-state index in [9.17, 15) is 4.79 Å². The zero-order valence-electron chi connectivity index (χ0n) is 8.19. The molecule has 1 saturated heterocycles. The zero-order chi connectivity index (χ0) is 9.84. The fourth-order valence-electron chi connectivity index (χ4n) is 1.57. The molecule has 1 aliphatic rings. The first-order valence-corrected chi connectivity index (χ1v) is 4.71. The van der Waals surface area contributed by atoms with Crippen LogP contribution in [0.3, 0.4) is 0 Å². The molecule has 0 aliphatic carbocycles. The molecule has 4 heteroatoms. The summed E-state index contributed by atoms with van der Waals surface area (Å²) in [5, 5.41) is 8.92. The molecule has 1 aliphatic heterocycles. The Kier molecular flexibility index (Phi) is 3.69. The minimum absolute atomic E-state index is 0.0160. The van der Waals surface area contributed by atoms with Crippen LogP contribution in [0.4, 0.5) is 0 Å². The summed E-state index contributed by atoms with van der Waals surface area (Å²) in [7, 11) is 0. The van der Waals surface area contributed by atoms with Crippen molar-refractivity contribution in [1.82, 2.24) is 4.90 Å². The van der Waals surface area contributed by atoms with Gasteiger partial charge in [0.15, 0.2) is 0 Å². The van der Waals surface area contributed by atoms with E-state index in [1.807, 2.05) is 13.8 Å². The minimum atomic E-state index is -0.209. The van der Waals surface area contributed by atoms with E-state index in [-0.39, 0.29) is 24.7 Å². The summed E-state index contributed by atoms with van der Waals surface area (Å²) in [6, 6.07) is 0. The Morgan fingerprint density at radius 3 is 2.85 bits per heavy atom. The second-order valence-electron chi connectivity index (χ2n) is 3.40. The lowest BCUT2D eigenvalue weighted by Gasteiger charge is -2.35. The second-order valence-corrected chi connectivity index (χ2v) is 3.40. The van der Waals surface area contributed by atoms with E-state index < -0.39 is 0 Å². The lowest BCUT2D eigenvalue weighted by Crippen LogP contribution is -2.50. The lowest BCUT2D eigenvalue weighted by atomic mass is 10.2. The number of aliphatic hydroxyl groups excluding tert-OH is 1. The third-order valence-corrected chi connectivity index (χ3v) is 2.19. The van der Waals surface area contributed by atoms with Crippen molar-refractivity contribution in [3.05, 3.63) is 0 Å². The van der Waals surface area contributed by atoms with E-state index in [4.69, 9.17) is 9.84 Å². The Hall–Kier alpha value is -0.610. The maximum absolute atomic E-state index is 11.4. The molecular weight excluding hydrogens is 170 g/mol. The highest BCUT2D eigenvalue weighted by atomic mass is 16.5. The van der Waals surface area contributed by atoms with Gasteiger partial charge in [-0.3, -0.25) is 4.79 Å². The highest BCUT2D eigenvalue weighted by Crippen LogP contribution is 2.11. The third-order valence-electron chi connectivity index (χ3n) is 2.19. The number of carbonyl (C=O) groups is 1. The maximum Gasteiger partial charge on any atom is 0.222 e. The summed E-state index contributed by atoms with van der Waals surface area (Å²) >= 11 is 0. The summed E-state index contributed by atoms with van der Waals surface area (Å²) in [5.74, 6) is 0.133. The van der Waals surface area contributed by atoms with Crippen LogP contribution in [0, 0.1) is 0 Å². The number of aliphatic hydroxyl groups is 1. The molecule has 0 bridgehead atoms. The van der Waals surface area contributed by atoms with Crippen molar-refractivity contribution in [1.29, 1.82) is 0 Å². The van der Waals surface area contributed by atoms with E-state index >= 15 is 0 Å². The van der Waals surface area contributed by atoms with Gasteiger partial charge in [-0.15, -0.1) is 0 Å². The van der Waals surface area contributed by atoms with Crippen LogP contribution in [0.1, 0.15) is 20.3 Å². The van der Waals surface area contributed by atoms with Gasteiger partial charge in [-0.25, -0.2) is 0 Å². The topological polar surface area (TPSA) is 49.8 Å². The molecule has 1 fully saturated rings. The quantitative estimate of drug-likeness (QED) is 0.662. The van der Waals surface area contributed by atoms with Crippen molar-refractivity contribution in [2.75, 3.05) is 19.7 Å². The van der Waals surface area contributed by atoms with Crippen LogP contribution >= 0.6 is 0 Å². The molecule has 0 aromatic heterocycles. The summed E-state index contributed by atoms with van der Waals surface area (Å²) < 4.78 is 5.42. The van der Waals surface area contributed by atoms with Crippen LogP contribution in [0.25, 0.3) is 0 Å². The largest absolute Gasteiger partial charge is 0.394 e. The zero-order valence-corrected chi connectivity index (χ0v) is 8.19. The van der Waals surface area contributed by atoms with E-state index in [0.717, 1.165) is 0 Å². The predicted octanol–water partition coefficient (Wildman–Crippen LogP) is 0.00460. The van der Waals surface area contributed by atoms with E-state index in [1.165, 1.54) is 0 Å². The Morgan fingerprint density at radius 1 is 1.62 bits per heavy atom. The van der Waals surface area contributed by atoms with Crippen molar-refractivity contribution in [2.45, 2.75) is 32.5 Å². The Morgan fingerprint density at radius 2 is 2.31 bits per heavy atom. The fourth-order valence-corrected chi connectivity index (χ4v) is 1.57. The number of rotatable bonds is 2. The number of hydrogen-bond donors (Lipinski definition) is 1. The molecule has 2 unspecified atom stereocenters. The molecule has 76 valence electrons. The summed E-state index contributed by atoms with van der Waals surface area (Å²) in [6.07, 6.45) is 0.339. The first-order valence-electron chi connectivity index (χ1n) is 4.71. The summed E-state index contributed by atoms with van der Waals surface area (Å²) in [5.41, 5.74) is 0. The Bertz CT molecular complexity index is 184. The SMILES string of the molecule is CCC(=O)N1CC(C)OC(CO)C1. The van der Waals surface area contributed by atoms with Gasteiger partial charge < -0.3 is 14.7 Å². The number of nitrogens with zero attached hydrogens (tertiary/aromatic N) is 1. The van der Waals surface area contributed by atoms with Gasteiger partial charge >= 0.3 is 0 Å². The van der Waals surface area contributed by atoms with Crippen LogP contribution in [0.2, 0.25) is 0 Å². The Labute approximate surface area is 78.5 Å². The molecule has 0 aromatic carbocycles. The average Bonchev–Trinajstić information content (AvgIpc) is 2.15. The number of hydrogen-bond acceptors (Lipinski definition) is 3. The van der Waals surface area contributed by atoms with E-state index in [1.54, 1.807) is 4.90 Å². The Balaban J connectivity index is 2.51. The summed E-state index contributed by atoms with van der Waals surface area (Å²) in [4.78, 5) is 13.1. The van der Waals surface area contributed by atoms with Crippen LogP contribution in [0.15, 0.2) is 0 Å². The van der Waals surface area contributed by atoms with Crippen molar-refractivity contribution in [3.8, 4) is 0 Å². The highest BCUT2D eigenvalue weighted by Gasteiger charge is 2.26. The van der Waals surface area contributed by atoms with Gasteiger partial charge in [-0.05, 0) is 6.92 Å². The van der Waals surface area contributed by atoms with Gasteiger partial charge in [0.05, 0.1) is 18.8 Å². The molecule has 2 atom stereocenters. The molecule has 1 N–H and O–H groups in total. The van der Waals surface area contributed by atoms with Crippen LogP contribution < -0.4 is 0 Å². The third kappa shape index (κ3) is 2.67. The van der Waals surface area contributed by atoms with Gasteiger partial charge in [0, 0.05) is 19.5 Å². The highest BCUT2D eigenvalue weighted by molar-refractivity contribution is 5.75. The van der Waals surface area contributed by atoms with Crippen molar-refractivity contribution < 1.29 is 14.6 Å². The molecule has 0 radical (unpaired) electrons. The molecule has 0 spiro atoms. The van der Waals surface area contributed by atoms with Crippen molar-refractivity contribution in [2.24, 2.45) is 0 Å². The summed E-state index contributed by atoms with van der Waals surface area (Å²) in [6.45, 7) is 4.91. The normalized spacial score (nSPS) is 29.0. The standard InChI is InChI=1S/C9H17NO3/c1-3-9(12)10-4-7(2)13-8(5-10)6-11/h7-8,11H,3-6H2,1-2H3. The van der Waals surface area contributed by atoms with Crippen molar-refractivity contribution >= 4 is 5.91 Å². The van der Waals surface area contributed by atoms with Crippen molar-refractivity contribution in [3.63, 3.8) is 0 Å². The van der Waals surface area contributed by atoms with Gasteiger partial charge in [0.1, 0.15) is 0 Å². The molecular formula is C9H17NO3. The average molecular weight is 187 g/mol. The molecule has 1 amide bonds. The van der Waals surface area contributed by atoms with Gasteiger partial charge in [-0.1, -0.05) is 6.92 Å². The monoisotopic (exact) mass is 187 g/mol. The van der Waals surface area contributed by atoms with Gasteiger partial charge in [-0.2, -0.15) is 0 Å². The number of ether oxygens (including phenoxy) is 1. The first-order chi connectivity index (χ1) is 6.17. The molecule has 0 saturated carbocycles. The van der Waals surface area contributed by atoms with E-state index in [0.29, 0.717) is 19.5 Å². The van der Waals surface area contributed by atoms with Crippen LogP contribution in [-0.2, 0) is 9.53 Å². The molecule has 0 aromatic rings. The molecule has 1 heterocycles. The van der Waals surface area contributed by atoms with Gasteiger partial charge in [0.2, 0.25) is 5.91 Å². The second kappa shape index (κ2) is 4.58. The molecule has 4 nitrogen and oxygen atoms in total.